The lowest BCUT2D eigenvalue weighted by atomic mass is 10.2. The fraction of sp³-hybridized carbons (Fsp3) is 0.190. The smallest absolute Gasteiger partial charge is 0.262 e. The number of amides is 1. The molecule has 0 saturated carbocycles. The fourth-order valence-corrected chi connectivity index (χ4v) is 5.09. The van der Waals surface area contributed by atoms with E-state index in [0.29, 0.717) is 24.5 Å². The van der Waals surface area contributed by atoms with Gasteiger partial charge in [0.25, 0.3) is 10.0 Å². The Bertz CT molecular complexity index is 1220. The molecule has 0 aliphatic carbocycles. The molecule has 1 aromatic heterocycles. The van der Waals surface area contributed by atoms with Crippen LogP contribution in [0.1, 0.15) is 12.8 Å². The van der Waals surface area contributed by atoms with Crippen molar-refractivity contribution in [2.24, 2.45) is 4.99 Å². The van der Waals surface area contributed by atoms with Gasteiger partial charge in [-0.25, -0.2) is 8.42 Å². The molecule has 3 aromatic rings. The summed E-state index contributed by atoms with van der Waals surface area (Å²) in [5, 5.41) is 3.76. The first-order valence-corrected chi connectivity index (χ1v) is 11.9. The van der Waals surface area contributed by atoms with Crippen molar-refractivity contribution in [3.63, 3.8) is 0 Å². The molecule has 0 fully saturated rings. The van der Waals surface area contributed by atoms with Gasteiger partial charge in [-0.05, 0) is 36.8 Å². The Morgan fingerprint density at radius 2 is 1.97 bits per heavy atom. The predicted octanol–water partition coefficient (Wildman–Crippen LogP) is 3.44. The van der Waals surface area contributed by atoms with Crippen LogP contribution < -0.4 is 10.0 Å². The minimum Gasteiger partial charge on any atom is -0.325 e. The summed E-state index contributed by atoms with van der Waals surface area (Å²) in [6, 6.07) is 15.8. The molecule has 30 heavy (non-hydrogen) atoms. The quantitative estimate of drug-likeness (QED) is 0.572. The molecular weight excluding hydrogens is 420 g/mol. The van der Waals surface area contributed by atoms with Crippen molar-refractivity contribution < 1.29 is 13.2 Å². The van der Waals surface area contributed by atoms with Gasteiger partial charge in [-0.2, -0.15) is 0 Å². The predicted molar refractivity (Wildman–Crippen MR) is 119 cm³/mol. The molecule has 154 valence electrons. The zero-order chi connectivity index (χ0) is 21.0. The van der Waals surface area contributed by atoms with E-state index in [4.69, 9.17) is 0 Å². The number of fused-ring (bicyclic) bond motifs is 1. The van der Waals surface area contributed by atoms with Crippen molar-refractivity contribution >= 4 is 50.1 Å². The highest BCUT2D eigenvalue weighted by Crippen LogP contribution is 2.26. The molecule has 0 radical (unpaired) electrons. The van der Waals surface area contributed by atoms with Gasteiger partial charge in [0.2, 0.25) is 5.91 Å². The van der Waals surface area contributed by atoms with E-state index in [-0.39, 0.29) is 16.6 Å². The standard InChI is InChI=1S/C21H20N4O3S2/c26-21(14-29-19-10-12-22-18-8-2-1-7-17(18)19)24-15-5-3-6-16(13-15)30(27,28)25-20-9-4-11-23-20/h1-3,5-8,10,12-13H,4,9,11,14H2,(H,23,25)(H,24,26). The third-order valence-electron chi connectivity index (χ3n) is 4.52. The Kier molecular flexibility index (Phi) is 6.01. The van der Waals surface area contributed by atoms with Crippen molar-refractivity contribution in [2.45, 2.75) is 22.6 Å². The van der Waals surface area contributed by atoms with Gasteiger partial charge in [0.1, 0.15) is 5.84 Å². The monoisotopic (exact) mass is 440 g/mol. The van der Waals surface area contributed by atoms with Crippen LogP contribution in [0.2, 0.25) is 0 Å². The first-order chi connectivity index (χ1) is 14.5. The second-order valence-electron chi connectivity index (χ2n) is 6.73. The summed E-state index contributed by atoms with van der Waals surface area (Å²) in [4.78, 5) is 21.9. The maximum absolute atomic E-state index is 12.5. The molecule has 2 N–H and O–H groups in total. The van der Waals surface area contributed by atoms with Crippen LogP contribution >= 0.6 is 11.8 Å². The molecule has 0 unspecified atom stereocenters. The van der Waals surface area contributed by atoms with Crippen molar-refractivity contribution in [3.8, 4) is 0 Å². The first-order valence-electron chi connectivity index (χ1n) is 9.44. The molecule has 0 atom stereocenters. The van der Waals surface area contributed by atoms with Crippen LogP contribution in [0.4, 0.5) is 5.69 Å². The van der Waals surface area contributed by atoms with E-state index in [2.05, 4.69) is 20.0 Å². The number of anilines is 1. The van der Waals surface area contributed by atoms with Gasteiger partial charge in [-0.3, -0.25) is 19.5 Å². The topological polar surface area (TPSA) is 101 Å². The summed E-state index contributed by atoms with van der Waals surface area (Å²) in [5.41, 5.74) is 1.30. The lowest BCUT2D eigenvalue weighted by molar-refractivity contribution is -0.113. The van der Waals surface area contributed by atoms with Crippen LogP contribution in [-0.4, -0.2) is 37.4 Å². The number of carbonyl (C=O) groups excluding carboxylic acids is 1. The Balaban J connectivity index is 1.41. The highest BCUT2D eigenvalue weighted by Gasteiger charge is 2.18. The van der Waals surface area contributed by atoms with Crippen molar-refractivity contribution in [1.29, 1.82) is 0 Å². The lowest BCUT2D eigenvalue weighted by Gasteiger charge is -2.10. The molecule has 0 saturated heterocycles. The summed E-state index contributed by atoms with van der Waals surface area (Å²) in [6.45, 7) is 0.637. The zero-order valence-corrected chi connectivity index (χ0v) is 17.7. The number of amidine groups is 1. The maximum Gasteiger partial charge on any atom is 0.262 e. The number of aliphatic imine (C=N–C) groups is 1. The van der Waals surface area contributed by atoms with Crippen LogP contribution in [0.5, 0.6) is 0 Å². The van der Waals surface area contributed by atoms with E-state index < -0.39 is 10.0 Å². The van der Waals surface area contributed by atoms with E-state index in [9.17, 15) is 13.2 Å². The summed E-state index contributed by atoms with van der Waals surface area (Å²) in [7, 11) is -3.73. The highest BCUT2D eigenvalue weighted by atomic mass is 32.2. The van der Waals surface area contributed by atoms with Crippen LogP contribution in [-0.2, 0) is 14.8 Å². The van der Waals surface area contributed by atoms with Gasteiger partial charge >= 0.3 is 0 Å². The minimum atomic E-state index is -3.73. The molecule has 9 heteroatoms. The second kappa shape index (κ2) is 8.85. The Labute approximate surface area is 179 Å². The Hall–Kier alpha value is -2.91. The number of sulfonamides is 1. The third kappa shape index (κ3) is 4.80. The van der Waals surface area contributed by atoms with Crippen LogP contribution in [0.3, 0.4) is 0 Å². The van der Waals surface area contributed by atoms with Gasteiger partial charge in [0.05, 0.1) is 16.2 Å². The number of hydrogen-bond acceptors (Lipinski definition) is 6. The summed E-state index contributed by atoms with van der Waals surface area (Å²) in [5.74, 6) is 0.453. The molecule has 4 rings (SSSR count). The third-order valence-corrected chi connectivity index (χ3v) is 6.97. The number of nitrogens with one attached hydrogen (secondary N) is 2. The number of thioether (sulfide) groups is 1. The summed E-state index contributed by atoms with van der Waals surface area (Å²) in [6.07, 6.45) is 3.19. The van der Waals surface area contributed by atoms with Crippen molar-refractivity contribution in [1.82, 2.24) is 9.71 Å². The number of nitrogens with zero attached hydrogens (tertiary/aromatic N) is 2. The molecule has 2 heterocycles. The van der Waals surface area contributed by atoms with Crippen LogP contribution in [0, 0.1) is 0 Å². The number of para-hydroxylation sites is 1. The molecule has 0 bridgehead atoms. The molecule has 1 aliphatic heterocycles. The van der Waals surface area contributed by atoms with Gasteiger partial charge in [0.15, 0.2) is 0 Å². The van der Waals surface area contributed by atoms with Crippen LogP contribution in [0.25, 0.3) is 10.9 Å². The number of carbonyl (C=O) groups is 1. The first kappa shape index (κ1) is 20.4. The van der Waals surface area contributed by atoms with E-state index in [1.807, 2.05) is 30.3 Å². The summed E-state index contributed by atoms with van der Waals surface area (Å²) >= 11 is 1.41. The SMILES string of the molecule is O=C(CSc1ccnc2ccccc12)Nc1cccc(S(=O)(=O)NC2=NCCC2)c1. The Morgan fingerprint density at radius 1 is 1.10 bits per heavy atom. The molecular formula is C21H20N4O3S2. The zero-order valence-electron chi connectivity index (χ0n) is 16.0. The van der Waals surface area contributed by atoms with Gasteiger partial charge in [-0.1, -0.05) is 24.3 Å². The minimum absolute atomic E-state index is 0.0858. The fourth-order valence-electron chi connectivity index (χ4n) is 3.11. The average Bonchev–Trinajstić information content (AvgIpc) is 3.25. The van der Waals surface area contributed by atoms with E-state index in [1.54, 1.807) is 18.3 Å². The average molecular weight is 441 g/mol. The number of benzene rings is 2. The van der Waals surface area contributed by atoms with E-state index >= 15 is 0 Å². The second-order valence-corrected chi connectivity index (χ2v) is 9.43. The van der Waals surface area contributed by atoms with Gasteiger partial charge in [0, 0.05) is 35.1 Å². The molecule has 2 aromatic carbocycles. The number of hydrogen-bond donors (Lipinski definition) is 2. The van der Waals surface area contributed by atoms with Crippen LogP contribution in [0.15, 0.2) is 75.6 Å². The van der Waals surface area contributed by atoms with E-state index in [1.165, 1.54) is 23.9 Å². The van der Waals surface area contributed by atoms with Crippen molar-refractivity contribution in [3.05, 3.63) is 60.8 Å². The largest absolute Gasteiger partial charge is 0.325 e. The molecule has 1 amide bonds. The molecule has 0 spiro atoms. The Morgan fingerprint density at radius 3 is 2.80 bits per heavy atom. The van der Waals surface area contributed by atoms with E-state index in [0.717, 1.165) is 22.2 Å². The lowest BCUT2D eigenvalue weighted by Crippen LogP contribution is -2.29. The van der Waals surface area contributed by atoms with Crippen molar-refractivity contribution in [2.75, 3.05) is 17.6 Å². The maximum atomic E-state index is 12.5. The summed E-state index contributed by atoms with van der Waals surface area (Å²) < 4.78 is 27.6. The molecule has 7 nitrogen and oxygen atoms in total. The number of aromatic nitrogens is 1. The number of pyridine rings is 1. The highest BCUT2D eigenvalue weighted by molar-refractivity contribution is 8.00. The van der Waals surface area contributed by atoms with Gasteiger partial charge in [-0.15, -0.1) is 11.8 Å². The normalized spacial score (nSPS) is 13.8. The number of rotatable bonds is 6. The van der Waals surface area contributed by atoms with Gasteiger partial charge < -0.3 is 5.32 Å². The molecule has 1 aliphatic rings.